The molecule has 1 saturated carbocycles. The number of rotatable bonds is 5. The molecule has 4 nitrogen and oxygen atoms in total. The van der Waals surface area contributed by atoms with Gasteiger partial charge >= 0.3 is 0 Å². The fraction of sp³-hybridized carbons (Fsp3) is 0.444. The second-order valence-corrected chi connectivity index (χ2v) is 6.00. The molecule has 1 fully saturated rings. The molecule has 22 heavy (non-hydrogen) atoms. The molecule has 1 heterocycles. The van der Waals surface area contributed by atoms with E-state index in [1.165, 1.54) is 36.8 Å². The molecule has 1 aromatic heterocycles. The van der Waals surface area contributed by atoms with Gasteiger partial charge in [-0.1, -0.05) is 38.0 Å². The predicted molar refractivity (Wildman–Crippen MR) is 91.8 cm³/mol. The van der Waals surface area contributed by atoms with E-state index in [4.69, 9.17) is 0 Å². The number of hydrogen-bond acceptors (Lipinski definition) is 4. The first-order valence-corrected chi connectivity index (χ1v) is 8.20. The molecule has 0 unspecified atom stereocenters. The van der Waals surface area contributed by atoms with E-state index in [0.29, 0.717) is 6.04 Å². The lowest BCUT2D eigenvalue weighted by molar-refractivity contribution is 0.750. The molecule has 4 heteroatoms. The molecular weight excluding hydrogens is 272 g/mol. The molecular formula is C18H24N4. The summed E-state index contributed by atoms with van der Waals surface area (Å²) in [7, 11) is 0. The Hall–Kier alpha value is -2.10. The van der Waals surface area contributed by atoms with Gasteiger partial charge < -0.3 is 10.6 Å². The van der Waals surface area contributed by atoms with Gasteiger partial charge in [-0.15, -0.1) is 0 Å². The van der Waals surface area contributed by atoms with E-state index in [1.807, 2.05) is 6.07 Å². The van der Waals surface area contributed by atoms with Crippen molar-refractivity contribution in [3.63, 3.8) is 0 Å². The van der Waals surface area contributed by atoms with Crippen molar-refractivity contribution in [2.24, 2.45) is 0 Å². The molecule has 1 aliphatic rings. The molecule has 0 saturated heterocycles. The third-order valence-corrected chi connectivity index (χ3v) is 4.37. The van der Waals surface area contributed by atoms with E-state index < -0.39 is 0 Å². The lowest BCUT2D eigenvalue weighted by Gasteiger charge is -2.15. The van der Waals surface area contributed by atoms with Crippen molar-refractivity contribution in [1.29, 1.82) is 0 Å². The highest BCUT2D eigenvalue weighted by Crippen LogP contribution is 2.26. The van der Waals surface area contributed by atoms with Gasteiger partial charge in [-0.3, -0.25) is 0 Å². The monoisotopic (exact) mass is 296 g/mol. The van der Waals surface area contributed by atoms with Crippen molar-refractivity contribution in [3.05, 3.63) is 41.7 Å². The lowest BCUT2D eigenvalue weighted by Crippen LogP contribution is -2.15. The Morgan fingerprint density at radius 3 is 2.68 bits per heavy atom. The van der Waals surface area contributed by atoms with Gasteiger partial charge in [0.1, 0.15) is 18.0 Å². The van der Waals surface area contributed by atoms with Crippen LogP contribution in [0.5, 0.6) is 0 Å². The standard InChI is InChI=1S/C18H24N4/c1-3-14-8-6-7-13(2)18(14)22-17-11-16(19-12-20-17)21-15-9-4-5-10-15/h6-8,11-12,15H,3-5,9-10H2,1-2H3,(H2,19,20,21,22). The highest BCUT2D eigenvalue weighted by molar-refractivity contribution is 5.66. The van der Waals surface area contributed by atoms with E-state index in [-0.39, 0.29) is 0 Å². The quantitative estimate of drug-likeness (QED) is 0.856. The van der Waals surface area contributed by atoms with Crippen LogP contribution in [0.25, 0.3) is 0 Å². The Morgan fingerprint density at radius 2 is 1.91 bits per heavy atom. The molecule has 0 aliphatic heterocycles. The van der Waals surface area contributed by atoms with Crippen LogP contribution >= 0.6 is 0 Å². The zero-order valence-corrected chi connectivity index (χ0v) is 13.4. The largest absolute Gasteiger partial charge is 0.367 e. The van der Waals surface area contributed by atoms with Crippen LogP contribution in [0.2, 0.25) is 0 Å². The molecule has 116 valence electrons. The second-order valence-electron chi connectivity index (χ2n) is 6.00. The first kappa shape index (κ1) is 14.8. The number of hydrogen-bond donors (Lipinski definition) is 2. The Kier molecular flexibility index (Phi) is 4.56. The highest BCUT2D eigenvalue weighted by Gasteiger charge is 2.15. The maximum atomic E-state index is 4.36. The van der Waals surface area contributed by atoms with Crippen LogP contribution in [0.3, 0.4) is 0 Å². The fourth-order valence-corrected chi connectivity index (χ4v) is 3.11. The minimum atomic E-state index is 0.562. The molecule has 1 aromatic carbocycles. The zero-order valence-electron chi connectivity index (χ0n) is 13.4. The van der Waals surface area contributed by atoms with Gasteiger partial charge in [0.05, 0.1) is 0 Å². The second kappa shape index (κ2) is 6.77. The van der Waals surface area contributed by atoms with E-state index in [0.717, 1.165) is 23.7 Å². The number of nitrogens with zero attached hydrogens (tertiary/aromatic N) is 2. The first-order valence-electron chi connectivity index (χ1n) is 8.20. The number of nitrogens with one attached hydrogen (secondary N) is 2. The Balaban J connectivity index is 1.78. The van der Waals surface area contributed by atoms with Crippen LogP contribution < -0.4 is 10.6 Å². The van der Waals surface area contributed by atoms with Crippen LogP contribution in [0.4, 0.5) is 17.3 Å². The number of benzene rings is 1. The summed E-state index contributed by atoms with van der Waals surface area (Å²) in [6.45, 7) is 4.30. The van der Waals surface area contributed by atoms with Gasteiger partial charge in [0.25, 0.3) is 0 Å². The fourth-order valence-electron chi connectivity index (χ4n) is 3.11. The molecule has 0 atom stereocenters. The number of para-hydroxylation sites is 1. The smallest absolute Gasteiger partial charge is 0.135 e. The summed E-state index contributed by atoms with van der Waals surface area (Å²) in [5.41, 5.74) is 3.71. The van der Waals surface area contributed by atoms with Crippen molar-refractivity contribution >= 4 is 17.3 Å². The summed E-state index contributed by atoms with van der Waals surface area (Å²) in [6.07, 6.45) is 7.74. The van der Waals surface area contributed by atoms with Crippen LogP contribution in [0.15, 0.2) is 30.6 Å². The van der Waals surface area contributed by atoms with Crippen LogP contribution in [-0.4, -0.2) is 16.0 Å². The van der Waals surface area contributed by atoms with E-state index >= 15 is 0 Å². The van der Waals surface area contributed by atoms with Crippen molar-refractivity contribution in [1.82, 2.24) is 9.97 Å². The topological polar surface area (TPSA) is 49.8 Å². The summed E-state index contributed by atoms with van der Waals surface area (Å²) in [5, 5.41) is 6.99. The maximum absolute atomic E-state index is 4.36. The third kappa shape index (κ3) is 3.38. The Labute approximate surface area is 132 Å². The summed E-state index contributed by atoms with van der Waals surface area (Å²) in [5.74, 6) is 1.76. The van der Waals surface area contributed by atoms with E-state index in [2.05, 4.69) is 52.6 Å². The zero-order chi connectivity index (χ0) is 15.4. The maximum Gasteiger partial charge on any atom is 0.135 e. The van der Waals surface area contributed by atoms with Crippen LogP contribution in [0.1, 0.15) is 43.7 Å². The van der Waals surface area contributed by atoms with Crippen molar-refractivity contribution < 1.29 is 0 Å². The van der Waals surface area contributed by atoms with Gasteiger partial charge in [-0.05, 0) is 37.3 Å². The summed E-state index contributed by atoms with van der Waals surface area (Å²) in [6, 6.07) is 8.96. The van der Waals surface area contributed by atoms with E-state index in [1.54, 1.807) is 6.33 Å². The van der Waals surface area contributed by atoms with Gasteiger partial charge in [-0.2, -0.15) is 0 Å². The molecule has 2 aromatic rings. The highest BCUT2D eigenvalue weighted by atomic mass is 15.1. The predicted octanol–water partition coefficient (Wildman–Crippen LogP) is 4.45. The SMILES string of the molecule is CCc1cccc(C)c1Nc1cc(NC2CCCC2)ncn1. The minimum absolute atomic E-state index is 0.562. The number of aromatic nitrogens is 2. The average molecular weight is 296 g/mol. The van der Waals surface area contributed by atoms with Crippen molar-refractivity contribution in [3.8, 4) is 0 Å². The molecule has 0 bridgehead atoms. The number of anilines is 3. The van der Waals surface area contributed by atoms with Crippen LogP contribution in [0, 0.1) is 6.92 Å². The Morgan fingerprint density at radius 1 is 1.14 bits per heavy atom. The lowest BCUT2D eigenvalue weighted by atomic mass is 10.1. The van der Waals surface area contributed by atoms with Gasteiger partial charge in [0.15, 0.2) is 0 Å². The molecule has 3 rings (SSSR count). The molecule has 0 spiro atoms. The average Bonchev–Trinajstić information content (AvgIpc) is 3.02. The van der Waals surface area contributed by atoms with Crippen molar-refractivity contribution in [2.45, 2.75) is 52.0 Å². The summed E-state index contributed by atoms with van der Waals surface area (Å²) < 4.78 is 0. The van der Waals surface area contributed by atoms with Crippen molar-refractivity contribution in [2.75, 3.05) is 10.6 Å². The third-order valence-electron chi connectivity index (χ3n) is 4.37. The van der Waals surface area contributed by atoms with Gasteiger partial charge in [0.2, 0.25) is 0 Å². The summed E-state index contributed by atoms with van der Waals surface area (Å²) in [4.78, 5) is 8.71. The minimum Gasteiger partial charge on any atom is -0.367 e. The normalized spacial score (nSPS) is 15.0. The van der Waals surface area contributed by atoms with Gasteiger partial charge in [0, 0.05) is 17.8 Å². The first-order chi connectivity index (χ1) is 10.8. The molecule has 1 aliphatic carbocycles. The Bertz CT molecular complexity index is 633. The molecule has 0 amide bonds. The molecule has 0 radical (unpaired) electrons. The summed E-state index contributed by atoms with van der Waals surface area (Å²) >= 11 is 0. The van der Waals surface area contributed by atoms with E-state index in [9.17, 15) is 0 Å². The van der Waals surface area contributed by atoms with Gasteiger partial charge in [-0.25, -0.2) is 9.97 Å². The molecule has 2 N–H and O–H groups in total. The number of aryl methyl sites for hydroxylation is 2. The van der Waals surface area contributed by atoms with Crippen LogP contribution in [-0.2, 0) is 6.42 Å².